The van der Waals surface area contributed by atoms with Gasteiger partial charge in [-0.25, -0.2) is 0 Å². The van der Waals surface area contributed by atoms with Crippen molar-refractivity contribution in [1.82, 2.24) is 4.90 Å². The third-order valence-electron chi connectivity index (χ3n) is 3.10. The summed E-state index contributed by atoms with van der Waals surface area (Å²) >= 11 is 0. The first-order valence-corrected chi connectivity index (χ1v) is 5.40. The first kappa shape index (κ1) is 13.0. The third-order valence-corrected chi connectivity index (χ3v) is 3.10. The first-order valence-electron chi connectivity index (χ1n) is 5.40. The molecule has 0 saturated heterocycles. The van der Waals surface area contributed by atoms with Crippen LogP contribution in [0.25, 0.3) is 0 Å². The van der Waals surface area contributed by atoms with Gasteiger partial charge in [-0.3, -0.25) is 0 Å². The zero-order valence-electron chi connectivity index (χ0n) is 10.6. The monoisotopic (exact) mass is 185 g/mol. The van der Waals surface area contributed by atoms with E-state index in [4.69, 9.17) is 0 Å². The molecule has 0 rings (SSSR count). The normalized spacial score (nSPS) is 13.8. The smallest absolute Gasteiger partial charge is 0.0147 e. The van der Waals surface area contributed by atoms with Crippen LogP contribution >= 0.6 is 0 Å². The van der Waals surface area contributed by atoms with Gasteiger partial charge in [0.05, 0.1) is 0 Å². The minimum atomic E-state index is 0.352. The highest BCUT2D eigenvalue weighted by Gasteiger charge is 2.22. The molecule has 0 amide bonds. The highest BCUT2D eigenvalue weighted by molar-refractivity contribution is 4.78. The molecule has 13 heavy (non-hydrogen) atoms. The minimum absolute atomic E-state index is 0.352. The predicted octanol–water partition coefficient (Wildman–Crippen LogP) is 3.54. The van der Waals surface area contributed by atoms with Crippen molar-refractivity contribution in [3.63, 3.8) is 0 Å². The Labute approximate surface area is 84.5 Å². The molecular formula is C12H27N. The molecule has 0 N–H and O–H groups in total. The fourth-order valence-corrected chi connectivity index (χ4v) is 1.08. The average molecular weight is 185 g/mol. The van der Waals surface area contributed by atoms with Gasteiger partial charge in [-0.1, -0.05) is 27.7 Å². The van der Waals surface area contributed by atoms with E-state index in [0.717, 1.165) is 0 Å². The molecule has 80 valence electrons. The van der Waals surface area contributed by atoms with Gasteiger partial charge in [0, 0.05) is 5.54 Å². The standard InChI is InChI=1S/C12H27N/c1-8-12(5,6)13(7)10-9-11(2,3)4/h8-10H2,1-7H3. The summed E-state index contributed by atoms with van der Waals surface area (Å²) in [5, 5.41) is 0. The first-order chi connectivity index (χ1) is 5.69. The van der Waals surface area contributed by atoms with Gasteiger partial charge < -0.3 is 4.90 Å². The van der Waals surface area contributed by atoms with Crippen LogP contribution in [0, 0.1) is 5.41 Å². The van der Waals surface area contributed by atoms with E-state index in [2.05, 4.69) is 53.5 Å². The van der Waals surface area contributed by atoms with Crippen LogP contribution in [0.15, 0.2) is 0 Å². The van der Waals surface area contributed by atoms with Gasteiger partial charge in [-0.15, -0.1) is 0 Å². The number of hydrogen-bond acceptors (Lipinski definition) is 1. The summed E-state index contributed by atoms with van der Waals surface area (Å²) in [6.07, 6.45) is 2.49. The Morgan fingerprint density at radius 1 is 1.00 bits per heavy atom. The van der Waals surface area contributed by atoms with Crippen LogP contribution in [-0.2, 0) is 0 Å². The van der Waals surface area contributed by atoms with Crippen molar-refractivity contribution >= 4 is 0 Å². The summed E-state index contributed by atoms with van der Waals surface area (Å²) in [6.45, 7) is 15.0. The second-order valence-electron chi connectivity index (χ2n) is 5.90. The lowest BCUT2D eigenvalue weighted by molar-refractivity contribution is 0.132. The van der Waals surface area contributed by atoms with E-state index >= 15 is 0 Å². The van der Waals surface area contributed by atoms with Crippen molar-refractivity contribution in [3.8, 4) is 0 Å². The van der Waals surface area contributed by atoms with Crippen LogP contribution in [0.3, 0.4) is 0 Å². The van der Waals surface area contributed by atoms with Crippen molar-refractivity contribution < 1.29 is 0 Å². The molecule has 0 heterocycles. The van der Waals surface area contributed by atoms with Crippen LogP contribution in [0.4, 0.5) is 0 Å². The SMILES string of the molecule is CCC(C)(C)N(C)CCC(C)(C)C. The van der Waals surface area contributed by atoms with Gasteiger partial charge in [-0.05, 0) is 45.7 Å². The Kier molecular flexibility index (Phi) is 4.44. The lowest BCUT2D eigenvalue weighted by Crippen LogP contribution is -2.41. The molecule has 0 bridgehead atoms. The second kappa shape index (κ2) is 4.45. The lowest BCUT2D eigenvalue weighted by Gasteiger charge is -2.36. The summed E-state index contributed by atoms with van der Waals surface area (Å²) in [5.74, 6) is 0. The van der Waals surface area contributed by atoms with E-state index in [9.17, 15) is 0 Å². The maximum absolute atomic E-state index is 2.47. The zero-order valence-corrected chi connectivity index (χ0v) is 10.6. The van der Waals surface area contributed by atoms with E-state index in [0.29, 0.717) is 11.0 Å². The Morgan fingerprint density at radius 3 is 1.77 bits per heavy atom. The molecule has 0 spiro atoms. The molecule has 0 saturated carbocycles. The third kappa shape index (κ3) is 5.30. The van der Waals surface area contributed by atoms with Gasteiger partial charge >= 0.3 is 0 Å². The number of rotatable bonds is 4. The molecule has 0 aliphatic heterocycles. The molecule has 0 aliphatic carbocycles. The zero-order chi connectivity index (χ0) is 10.7. The van der Waals surface area contributed by atoms with Crippen LogP contribution in [0.1, 0.15) is 54.4 Å². The van der Waals surface area contributed by atoms with Crippen molar-refractivity contribution in [3.05, 3.63) is 0 Å². The van der Waals surface area contributed by atoms with Crippen molar-refractivity contribution in [2.75, 3.05) is 13.6 Å². The molecule has 0 aliphatic rings. The Bertz CT molecular complexity index is 142. The highest BCUT2D eigenvalue weighted by atomic mass is 15.2. The molecule has 0 atom stereocenters. The number of hydrogen-bond donors (Lipinski definition) is 0. The lowest BCUT2D eigenvalue weighted by atomic mass is 9.91. The molecule has 0 aromatic carbocycles. The quantitative estimate of drug-likeness (QED) is 0.647. The van der Waals surface area contributed by atoms with Gasteiger partial charge in [0.1, 0.15) is 0 Å². The van der Waals surface area contributed by atoms with Gasteiger partial charge in [-0.2, -0.15) is 0 Å². The maximum atomic E-state index is 2.47. The van der Waals surface area contributed by atoms with E-state index in [1.165, 1.54) is 19.4 Å². The molecule has 1 nitrogen and oxygen atoms in total. The molecule has 1 heteroatoms. The van der Waals surface area contributed by atoms with Crippen molar-refractivity contribution in [2.45, 2.75) is 59.9 Å². The number of nitrogens with zero attached hydrogens (tertiary/aromatic N) is 1. The van der Waals surface area contributed by atoms with E-state index in [1.807, 2.05) is 0 Å². The van der Waals surface area contributed by atoms with Gasteiger partial charge in [0.2, 0.25) is 0 Å². The minimum Gasteiger partial charge on any atom is -0.301 e. The summed E-state index contributed by atoms with van der Waals surface area (Å²) in [6, 6.07) is 0. The molecule has 0 fully saturated rings. The van der Waals surface area contributed by atoms with Crippen molar-refractivity contribution in [2.24, 2.45) is 5.41 Å². The fourth-order valence-electron chi connectivity index (χ4n) is 1.08. The van der Waals surface area contributed by atoms with Crippen molar-refractivity contribution in [1.29, 1.82) is 0 Å². The highest BCUT2D eigenvalue weighted by Crippen LogP contribution is 2.22. The maximum Gasteiger partial charge on any atom is 0.0147 e. The van der Waals surface area contributed by atoms with E-state index in [1.54, 1.807) is 0 Å². The fraction of sp³-hybridized carbons (Fsp3) is 1.00. The summed E-state index contributed by atoms with van der Waals surface area (Å²) < 4.78 is 0. The molecule has 0 unspecified atom stereocenters. The Hall–Kier alpha value is -0.0400. The summed E-state index contributed by atoms with van der Waals surface area (Å²) in [4.78, 5) is 2.47. The largest absolute Gasteiger partial charge is 0.301 e. The molecular weight excluding hydrogens is 158 g/mol. The average Bonchev–Trinajstić information content (AvgIpc) is 1.98. The predicted molar refractivity (Wildman–Crippen MR) is 61.1 cm³/mol. The van der Waals surface area contributed by atoms with E-state index in [-0.39, 0.29) is 0 Å². The Morgan fingerprint density at radius 2 is 1.46 bits per heavy atom. The second-order valence-corrected chi connectivity index (χ2v) is 5.90. The van der Waals surface area contributed by atoms with Gasteiger partial charge in [0.25, 0.3) is 0 Å². The van der Waals surface area contributed by atoms with Crippen LogP contribution in [0.2, 0.25) is 0 Å². The Balaban J connectivity index is 3.95. The molecule has 0 aromatic heterocycles. The summed E-state index contributed by atoms with van der Waals surface area (Å²) in [5.41, 5.74) is 0.809. The summed E-state index contributed by atoms with van der Waals surface area (Å²) in [7, 11) is 2.23. The van der Waals surface area contributed by atoms with Crippen LogP contribution in [0.5, 0.6) is 0 Å². The van der Waals surface area contributed by atoms with E-state index < -0.39 is 0 Å². The molecule has 0 aromatic rings. The topological polar surface area (TPSA) is 3.24 Å². The van der Waals surface area contributed by atoms with Crippen LogP contribution < -0.4 is 0 Å². The molecule has 0 radical (unpaired) electrons. The van der Waals surface area contributed by atoms with Crippen LogP contribution in [-0.4, -0.2) is 24.0 Å². The van der Waals surface area contributed by atoms with Gasteiger partial charge in [0.15, 0.2) is 0 Å².